The van der Waals surface area contributed by atoms with Gasteiger partial charge in [0.2, 0.25) is 0 Å². The number of anilines is 1. The van der Waals surface area contributed by atoms with Crippen LogP contribution in [-0.4, -0.2) is 28.3 Å². The Kier molecular flexibility index (Phi) is 7.11. The highest BCUT2D eigenvalue weighted by Gasteiger charge is 2.16. The molecule has 0 saturated carbocycles. The first-order chi connectivity index (χ1) is 12.4. The van der Waals surface area contributed by atoms with Gasteiger partial charge in [-0.25, -0.2) is 4.79 Å². The quantitative estimate of drug-likeness (QED) is 0.618. The van der Waals surface area contributed by atoms with E-state index in [4.69, 9.17) is 4.74 Å². The van der Waals surface area contributed by atoms with Crippen LogP contribution >= 0.6 is 15.9 Å². The average molecular weight is 422 g/mol. The topological polar surface area (TPSA) is 101 Å². The van der Waals surface area contributed by atoms with Crippen LogP contribution < -0.4 is 10.6 Å². The van der Waals surface area contributed by atoms with E-state index in [0.29, 0.717) is 22.3 Å². The number of nitrogens with one attached hydrogen (secondary N) is 2. The Balaban J connectivity index is 2.02. The molecule has 0 radical (unpaired) electrons. The lowest BCUT2D eigenvalue weighted by molar-refractivity contribution is 0.0741. The average Bonchev–Trinajstić information content (AvgIpc) is 2.63. The number of carbonyl (C=O) groups is 2. The standard InChI is InChI=1S/C18H20BrN3O4/c1-3-16(23)22-18(25)26-11(2)12-7-8-14(13(19)10-12)21-17(24)15-6-4-5-9-20-15/h4-11,16,23H,3H2,1-2H3,(H,21,24)(H,22,25). The molecule has 2 aromatic rings. The van der Waals surface area contributed by atoms with E-state index in [1.54, 1.807) is 56.4 Å². The highest BCUT2D eigenvalue weighted by atomic mass is 79.9. The molecule has 26 heavy (non-hydrogen) atoms. The molecular formula is C18H20BrN3O4. The molecule has 2 unspecified atom stereocenters. The summed E-state index contributed by atoms with van der Waals surface area (Å²) in [6.45, 7) is 3.45. The van der Waals surface area contributed by atoms with E-state index in [1.165, 1.54) is 0 Å². The lowest BCUT2D eigenvalue weighted by Gasteiger charge is -2.17. The summed E-state index contributed by atoms with van der Waals surface area (Å²) in [5, 5.41) is 14.5. The number of carbonyl (C=O) groups excluding carboxylic acids is 2. The fourth-order valence-corrected chi connectivity index (χ4v) is 2.57. The van der Waals surface area contributed by atoms with E-state index < -0.39 is 18.4 Å². The molecule has 0 bridgehead atoms. The van der Waals surface area contributed by atoms with Crippen LogP contribution in [-0.2, 0) is 4.74 Å². The molecule has 0 aliphatic rings. The predicted molar refractivity (Wildman–Crippen MR) is 101 cm³/mol. The Morgan fingerprint density at radius 2 is 2.08 bits per heavy atom. The molecule has 0 saturated heterocycles. The number of alkyl carbamates (subject to hydrolysis) is 1. The molecule has 8 heteroatoms. The van der Waals surface area contributed by atoms with Crippen LogP contribution in [0.3, 0.4) is 0 Å². The minimum absolute atomic E-state index is 0.311. The molecule has 2 amide bonds. The fourth-order valence-electron chi connectivity index (χ4n) is 2.07. The fraction of sp³-hybridized carbons (Fsp3) is 0.278. The SMILES string of the molecule is CCC(O)NC(=O)OC(C)c1ccc(NC(=O)c2ccccn2)c(Br)c1. The first kappa shape index (κ1) is 19.9. The Morgan fingerprint density at radius 3 is 2.69 bits per heavy atom. The highest BCUT2D eigenvalue weighted by Crippen LogP contribution is 2.28. The number of nitrogens with zero attached hydrogens (tertiary/aromatic N) is 1. The number of hydrogen-bond donors (Lipinski definition) is 3. The summed E-state index contributed by atoms with van der Waals surface area (Å²) in [7, 11) is 0. The summed E-state index contributed by atoms with van der Waals surface area (Å²) in [4.78, 5) is 27.8. The van der Waals surface area contributed by atoms with Gasteiger partial charge < -0.3 is 15.2 Å². The van der Waals surface area contributed by atoms with Crippen LogP contribution in [0, 0.1) is 0 Å². The van der Waals surface area contributed by atoms with E-state index in [0.717, 1.165) is 5.56 Å². The Labute approximate surface area is 159 Å². The molecule has 7 nitrogen and oxygen atoms in total. The third kappa shape index (κ3) is 5.53. The number of aliphatic hydroxyl groups is 1. The van der Waals surface area contributed by atoms with E-state index in [2.05, 4.69) is 31.5 Å². The number of pyridine rings is 1. The second kappa shape index (κ2) is 9.30. The molecule has 1 aromatic heterocycles. The number of halogens is 1. The van der Waals surface area contributed by atoms with E-state index >= 15 is 0 Å². The maximum atomic E-state index is 12.2. The normalized spacial score (nSPS) is 12.8. The van der Waals surface area contributed by atoms with Crippen molar-refractivity contribution in [1.82, 2.24) is 10.3 Å². The van der Waals surface area contributed by atoms with Crippen molar-refractivity contribution in [2.75, 3.05) is 5.32 Å². The minimum atomic E-state index is -0.939. The molecule has 0 aliphatic carbocycles. The smallest absolute Gasteiger partial charge is 0.409 e. The van der Waals surface area contributed by atoms with Gasteiger partial charge in [0.25, 0.3) is 5.91 Å². The zero-order chi connectivity index (χ0) is 19.1. The molecule has 0 fully saturated rings. The molecular weight excluding hydrogens is 402 g/mol. The number of benzene rings is 1. The van der Waals surface area contributed by atoms with Gasteiger partial charge in [-0.3, -0.25) is 15.1 Å². The number of ether oxygens (including phenoxy) is 1. The number of hydrogen-bond acceptors (Lipinski definition) is 5. The van der Waals surface area contributed by atoms with Gasteiger partial charge in [-0.05, 0) is 59.1 Å². The molecule has 3 N–H and O–H groups in total. The van der Waals surface area contributed by atoms with Gasteiger partial charge >= 0.3 is 6.09 Å². The molecule has 1 aromatic carbocycles. The third-order valence-corrected chi connectivity index (χ3v) is 4.22. The maximum Gasteiger partial charge on any atom is 0.409 e. The van der Waals surface area contributed by atoms with Gasteiger partial charge in [0.1, 0.15) is 18.0 Å². The van der Waals surface area contributed by atoms with E-state index in [-0.39, 0.29) is 5.91 Å². The van der Waals surface area contributed by atoms with Crippen molar-refractivity contribution in [1.29, 1.82) is 0 Å². The molecule has 2 atom stereocenters. The monoisotopic (exact) mass is 421 g/mol. The predicted octanol–water partition coefficient (Wildman–Crippen LogP) is 3.61. The van der Waals surface area contributed by atoms with Gasteiger partial charge in [-0.1, -0.05) is 19.1 Å². The van der Waals surface area contributed by atoms with Crippen molar-refractivity contribution in [2.45, 2.75) is 32.6 Å². The highest BCUT2D eigenvalue weighted by molar-refractivity contribution is 9.10. The van der Waals surface area contributed by atoms with Crippen LogP contribution in [0.25, 0.3) is 0 Å². The first-order valence-electron chi connectivity index (χ1n) is 8.07. The van der Waals surface area contributed by atoms with Gasteiger partial charge in [-0.2, -0.15) is 0 Å². The second-order valence-corrected chi connectivity index (χ2v) is 6.38. The van der Waals surface area contributed by atoms with E-state index in [9.17, 15) is 14.7 Å². The number of amides is 2. The third-order valence-electron chi connectivity index (χ3n) is 3.56. The second-order valence-electron chi connectivity index (χ2n) is 5.52. The molecule has 0 spiro atoms. The zero-order valence-corrected chi connectivity index (χ0v) is 16.0. The summed E-state index contributed by atoms with van der Waals surface area (Å²) in [5.74, 6) is -0.323. The van der Waals surface area contributed by atoms with Crippen molar-refractivity contribution in [3.8, 4) is 0 Å². The van der Waals surface area contributed by atoms with Crippen molar-refractivity contribution in [2.24, 2.45) is 0 Å². The van der Waals surface area contributed by atoms with Crippen LogP contribution in [0.15, 0.2) is 47.1 Å². The Hall–Kier alpha value is -2.45. The Morgan fingerprint density at radius 1 is 1.31 bits per heavy atom. The summed E-state index contributed by atoms with van der Waals surface area (Å²) >= 11 is 3.40. The first-order valence-corrected chi connectivity index (χ1v) is 8.87. The molecule has 138 valence electrons. The van der Waals surface area contributed by atoms with E-state index in [1.807, 2.05) is 0 Å². The van der Waals surface area contributed by atoms with Crippen LogP contribution in [0.5, 0.6) is 0 Å². The molecule has 2 rings (SSSR count). The maximum absolute atomic E-state index is 12.2. The summed E-state index contributed by atoms with van der Waals surface area (Å²) in [5.41, 5.74) is 1.61. The summed E-state index contributed by atoms with van der Waals surface area (Å²) in [6.07, 6.45) is -0.233. The van der Waals surface area contributed by atoms with Crippen LogP contribution in [0.4, 0.5) is 10.5 Å². The largest absolute Gasteiger partial charge is 0.442 e. The number of aromatic nitrogens is 1. The summed E-state index contributed by atoms with van der Waals surface area (Å²) < 4.78 is 5.87. The van der Waals surface area contributed by atoms with Gasteiger partial charge in [0, 0.05) is 10.7 Å². The van der Waals surface area contributed by atoms with Gasteiger partial charge in [-0.15, -0.1) is 0 Å². The Bertz CT molecular complexity index is 770. The summed E-state index contributed by atoms with van der Waals surface area (Å²) in [6, 6.07) is 10.3. The lowest BCUT2D eigenvalue weighted by atomic mass is 10.1. The van der Waals surface area contributed by atoms with Gasteiger partial charge in [0.05, 0.1) is 5.69 Å². The minimum Gasteiger partial charge on any atom is -0.442 e. The number of aliphatic hydroxyl groups excluding tert-OH is 1. The zero-order valence-electron chi connectivity index (χ0n) is 14.4. The van der Waals surface area contributed by atoms with Crippen LogP contribution in [0.2, 0.25) is 0 Å². The lowest BCUT2D eigenvalue weighted by Crippen LogP contribution is -2.34. The van der Waals surface area contributed by atoms with Gasteiger partial charge in [0.15, 0.2) is 0 Å². The van der Waals surface area contributed by atoms with Crippen molar-refractivity contribution in [3.05, 3.63) is 58.3 Å². The van der Waals surface area contributed by atoms with Crippen LogP contribution in [0.1, 0.15) is 42.4 Å². The van der Waals surface area contributed by atoms with Crippen molar-refractivity contribution < 1.29 is 19.4 Å². The molecule has 0 aliphatic heterocycles. The number of rotatable bonds is 6. The van der Waals surface area contributed by atoms with Crippen molar-refractivity contribution >= 4 is 33.6 Å². The van der Waals surface area contributed by atoms with Crippen molar-refractivity contribution in [3.63, 3.8) is 0 Å². The molecule has 1 heterocycles.